The predicted molar refractivity (Wildman–Crippen MR) is 81.6 cm³/mol. The van der Waals surface area contributed by atoms with Gasteiger partial charge >= 0.3 is 6.03 Å². The van der Waals surface area contributed by atoms with E-state index >= 15 is 0 Å². The van der Waals surface area contributed by atoms with Crippen LogP contribution in [-0.4, -0.2) is 22.5 Å². The Hall–Kier alpha value is -2.36. The van der Waals surface area contributed by atoms with Gasteiger partial charge in [0.2, 0.25) is 0 Å². The Balaban J connectivity index is 1.64. The predicted octanol–water partition coefficient (Wildman–Crippen LogP) is 3.13. The second-order valence-corrected chi connectivity index (χ2v) is 5.28. The SMILES string of the molecule is O=C(NCc1cccnc1)N1CCCC1c1ccccc1. The van der Waals surface area contributed by atoms with Gasteiger partial charge in [-0.25, -0.2) is 4.79 Å². The van der Waals surface area contributed by atoms with E-state index in [-0.39, 0.29) is 12.1 Å². The molecule has 108 valence electrons. The van der Waals surface area contributed by atoms with E-state index in [1.165, 1.54) is 5.56 Å². The summed E-state index contributed by atoms with van der Waals surface area (Å²) >= 11 is 0. The van der Waals surface area contributed by atoms with Crippen LogP contribution in [0, 0.1) is 0 Å². The smallest absolute Gasteiger partial charge is 0.318 e. The summed E-state index contributed by atoms with van der Waals surface area (Å²) in [6.45, 7) is 1.34. The van der Waals surface area contributed by atoms with Crippen molar-refractivity contribution in [2.75, 3.05) is 6.54 Å². The lowest BCUT2D eigenvalue weighted by Gasteiger charge is -2.25. The summed E-state index contributed by atoms with van der Waals surface area (Å²) < 4.78 is 0. The number of carbonyl (C=O) groups is 1. The van der Waals surface area contributed by atoms with Gasteiger partial charge in [-0.1, -0.05) is 36.4 Å². The largest absolute Gasteiger partial charge is 0.334 e. The summed E-state index contributed by atoms with van der Waals surface area (Å²) in [6.07, 6.45) is 5.60. The van der Waals surface area contributed by atoms with Crippen molar-refractivity contribution < 1.29 is 4.79 Å². The van der Waals surface area contributed by atoms with Gasteiger partial charge in [0.1, 0.15) is 0 Å². The standard InChI is InChI=1S/C17H19N3O/c21-17(19-13-14-6-4-10-18-12-14)20-11-5-9-16(20)15-7-2-1-3-8-15/h1-4,6-8,10,12,16H,5,9,11,13H2,(H,19,21). The lowest BCUT2D eigenvalue weighted by atomic mass is 10.1. The second-order valence-electron chi connectivity index (χ2n) is 5.28. The van der Waals surface area contributed by atoms with Gasteiger partial charge in [-0.05, 0) is 30.0 Å². The zero-order valence-electron chi connectivity index (χ0n) is 11.9. The van der Waals surface area contributed by atoms with Gasteiger partial charge < -0.3 is 10.2 Å². The molecule has 2 aromatic rings. The maximum atomic E-state index is 12.4. The average molecular weight is 281 g/mol. The molecule has 0 bridgehead atoms. The molecule has 1 aromatic carbocycles. The average Bonchev–Trinajstić information content (AvgIpc) is 3.04. The number of benzene rings is 1. The molecule has 1 aromatic heterocycles. The van der Waals surface area contributed by atoms with E-state index in [9.17, 15) is 4.79 Å². The Morgan fingerprint density at radius 2 is 2.10 bits per heavy atom. The highest BCUT2D eigenvalue weighted by Crippen LogP contribution is 2.31. The molecule has 1 fully saturated rings. The highest BCUT2D eigenvalue weighted by Gasteiger charge is 2.29. The Morgan fingerprint density at radius 1 is 1.24 bits per heavy atom. The number of aromatic nitrogens is 1. The number of hydrogen-bond acceptors (Lipinski definition) is 2. The number of rotatable bonds is 3. The van der Waals surface area contributed by atoms with Crippen molar-refractivity contribution >= 4 is 6.03 Å². The molecular weight excluding hydrogens is 262 g/mol. The molecule has 0 radical (unpaired) electrons. The normalized spacial score (nSPS) is 17.7. The molecule has 1 atom stereocenters. The van der Waals surface area contributed by atoms with Crippen LogP contribution in [0.2, 0.25) is 0 Å². The first-order valence-electron chi connectivity index (χ1n) is 7.33. The van der Waals surface area contributed by atoms with Crippen LogP contribution in [0.3, 0.4) is 0 Å². The van der Waals surface area contributed by atoms with Gasteiger partial charge in [-0.15, -0.1) is 0 Å². The van der Waals surface area contributed by atoms with Crippen molar-refractivity contribution in [2.24, 2.45) is 0 Å². The molecule has 1 unspecified atom stereocenters. The molecule has 1 N–H and O–H groups in total. The van der Waals surface area contributed by atoms with Crippen molar-refractivity contribution in [1.29, 1.82) is 0 Å². The van der Waals surface area contributed by atoms with E-state index in [4.69, 9.17) is 0 Å². The number of carbonyl (C=O) groups excluding carboxylic acids is 1. The Morgan fingerprint density at radius 3 is 2.86 bits per heavy atom. The minimum Gasteiger partial charge on any atom is -0.334 e. The molecule has 1 aliphatic heterocycles. The van der Waals surface area contributed by atoms with Gasteiger partial charge in [0.25, 0.3) is 0 Å². The highest BCUT2D eigenvalue weighted by atomic mass is 16.2. The van der Waals surface area contributed by atoms with Crippen LogP contribution in [0.1, 0.15) is 30.0 Å². The third kappa shape index (κ3) is 3.21. The fourth-order valence-corrected chi connectivity index (χ4v) is 2.81. The Kier molecular flexibility index (Phi) is 4.15. The summed E-state index contributed by atoms with van der Waals surface area (Å²) in [7, 11) is 0. The van der Waals surface area contributed by atoms with Crippen molar-refractivity contribution in [3.8, 4) is 0 Å². The molecule has 2 amide bonds. The lowest BCUT2D eigenvalue weighted by Crippen LogP contribution is -2.39. The minimum absolute atomic E-state index is 0.00482. The number of hydrogen-bond donors (Lipinski definition) is 1. The highest BCUT2D eigenvalue weighted by molar-refractivity contribution is 5.75. The van der Waals surface area contributed by atoms with E-state index in [2.05, 4.69) is 22.4 Å². The van der Waals surface area contributed by atoms with Crippen molar-refractivity contribution in [1.82, 2.24) is 15.2 Å². The summed E-state index contributed by atoms with van der Waals surface area (Å²) in [5.74, 6) is 0. The Bertz CT molecular complexity index is 585. The lowest BCUT2D eigenvalue weighted by molar-refractivity contribution is 0.192. The van der Waals surface area contributed by atoms with Crippen LogP contribution >= 0.6 is 0 Å². The quantitative estimate of drug-likeness (QED) is 0.939. The second kappa shape index (κ2) is 6.39. The first-order chi connectivity index (χ1) is 10.3. The topological polar surface area (TPSA) is 45.2 Å². The van der Waals surface area contributed by atoms with Crippen molar-refractivity contribution in [2.45, 2.75) is 25.4 Å². The van der Waals surface area contributed by atoms with Gasteiger partial charge in [0.05, 0.1) is 6.04 Å². The van der Waals surface area contributed by atoms with Gasteiger partial charge in [-0.3, -0.25) is 4.98 Å². The number of nitrogens with one attached hydrogen (secondary N) is 1. The van der Waals surface area contributed by atoms with Crippen LogP contribution in [0.15, 0.2) is 54.9 Å². The maximum Gasteiger partial charge on any atom is 0.318 e. The summed E-state index contributed by atoms with van der Waals surface area (Å²) in [5, 5.41) is 2.99. The molecule has 0 saturated carbocycles. The molecule has 4 heteroatoms. The van der Waals surface area contributed by atoms with E-state index in [0.29, 0.717) is 6.54 Å². The fourth-order valence-electron chi connectivity index (χ4n) is 2.81. The summed E-state index contributed by atoms with van der Waals surface area (Å²) in [4.78, 5) is 18.4. The van der Waals surface area contributed by atoms with Crippen LogP contribution < -0.4 is 5.32 Å². The van der Waals surface area contributed by atoms with Crippen LogP contribution in [0.25, 0.3) is 0 Å². The number of urea groups is 1. The van der Waals surface area contributed by atoms with Crippen molar-refractivity contribution in [3.05, 3.63) is 66.0 Å². The molecule has 1 saturated heterocycles. The molecule has 0 aliphatic carbocycles. The zero-order valence-corrected chi connectivity index (χ0v) is 11.9. The van der Waals surface area contributed by atoms with E-state index in [1.807, 2.05) is 35.2 Å². The number of nitrogens with zero attached hydrogens (tertiary/aromatic N) is 2. The fraction of sp³-hybridized carbons (Fsp3) is 0.294. The molecule has 1 aliphatic rings. The van der Waals surface area contributed by atoms with E-state index < -0.39 is 0 Å². The molecule has 4 nitrogen and oxygen atoms in total. The van der Waals surface area contributed by atoms with E-state index in [0.717, 1.165) is 24.9 Å². The van der Waals surface area contributed by atoms with Crippen molar-refractivity contribution in [3.63, 3.8) is 0 Å². The first-order valence-corrected chi connectivity index (χ1v) is 7.33. The minimum atomic E-state index is 0.00482. The zero-order chi connectivity index (χ0) is 14.5. The summed E-state index contributed by atoms with van der Waals surface area (Å²) in [6, 6.07) is 14.3. The molecule has 0 spiro atoms. The first kappa shape index (κ1) is 13.6. The van der Waals surface area contributed by atoms with Crippen LogP contribution in [0.5, 0.6) is 0 Å². The van der Waals surface area contributed by atoms with Gasteiger partial charge in [0.15, 0.2) is 0 Å². The van der Waals surface area contributed by atoms with Crippen LogP contribution in [0.4, 0.5) is 4.79 Å². The maximum absolute atomic E-state index is 12.4. The molecule has 2 heterocycles. The number of pyridine rings is 1. The number of amides is 2. The Labute approximate surface area is 124 Å². The molecular formula is C17H19N3O. The number of likely N-dealkylation sites (tertiary alicyclic amines) is 1. The van der Waals surface area contributed by atoms with Gasteiger partial charge in [-0.2, -0.15) is 0 Å². The monoisotopic (exact) mass is 281 g/mol. The van der Waals surface area contributed by atoms with E-state index in [1.54, 1.807) is 12.4 Å². The third-order valence-corrected chi connectivity index (χ3v) is 3.86. The molecule has 21 heavy (non-hydrogen) atoms. The van der Waals surface area contributed by atoms with Gasteiger partial charge in [0, 0.05) is 25.5 Å². The third-order valence-electron chi connectivity index (χ3n) is 3.86. The summed E-state index contributed by atoms with van der Waals surface area (Å²) in [5.41, 5.74) is 2.23. The van der Waals surface area contributed by atoms with Crippen LogP contribution in [-0.2, 0) is 6.54 Å². The molecule has 3 rings (SSSR count).